The average Bonchev–Trinajstić information content (AvgIpc) is 2.86. The van der Waals surface area contributed by atoms with E-state index in [1.165, 1.54) is 12.8 Å². The fourth-order valence-corrected chi connectivity index (χ4v) is 3.46. The molecule has 4 nitrogen and oxygen atoms in total. The van der Waals surface area contributed by atoms with E-state index in [9.17, 15) is 4.79 Å². The summed E-state index contributed by atoms with van der Waals surface area (Å²) in [5.74, 6) is 1.05. The van der Waals surface area contributed by atoms with Crippen LogP contribution in [-0.2, 0) is 9.53 Å². The molecule has 0 aromatic carbocycles. The average molecular weight is 282 g/mol. The van der Waals surface area contributed by atoms with Crippen LogP contribution in [0.3, 0.4) is 0 Å². The molecule has 4 heteroatoms. The van der Waals surface area contributed by atoms with E-state index < -0.39 is 0 Å². The Morgan fingerprint density at radius 3 is 2.60 bits per heavy atom. The van der Waals surface area contributed by atoms with Gasteiger partial charge in [0, 0.05) is 25.1 Å². The Labute approximate surface area is 122 Å². The van der Waals surface area contributed by atoms with Crippen molar-refractivity contribution < 1.29 is 9.53 Å². The highest BCUT2D eigenvalue weighted by Gasteiger charge is 2.29. The number of ether oxygens (including phenoxy) is 1. The van der Waals surface area contributed by atoms with Crippen LogP contribution in [0.15, 0.2) is 0 Å². The summed E-state index contributed by atoms with van der Waals surface area (Å²) >= 11 is 0. The third-order valence-electron chi connectivity index (χ3n) is 4.89. The van der Waals surface area contributed by atoms with Crippen molar-refractivity contribution in [3.8, 4) is 0 Å². The van der Waals surface area contributed by atoms with E-state index in [2.05, 4.69) is 12.2 Å². The van der Waals surface area contributed by atoms with Gasteiger partial charge in [0.1, 0.15) is 0 Å². The maximum atomic E-state index is 12.0. The molecule has 3 N–H and O–H groups in total. The molecule has 0 radical (unpaired) electrons. The van der Waals surface area contributed by atoms with Gasteiger partial charge < -0.3 is 15.8 Å². The number of hydrogen-bond acceptors (Lipinski definition) is 3. The van der Waals surface area contributed by atoms with Crippen LogP contribution in [0.5, 0.6) is 0 Å². The van der Waals surface area contributed by atoms with Crippen LogP contribution >= 0.6 is 0 Å². The molecule has 0 aromatic rings. The summed E-state index contributed by atoms with van der Waals surface area (Å²) in [6.45, 7) is 3.68. The highest BCUT2D eigenvalue weighted by molar-refractivity contribution is 5.79. The molecular weight excluding hydrogens is 252 g/mol. The zero-order chi connectivity index (χ0) is 14.4. The van der Waals surface area contributed by atoms with Crippen LogP contribution < -0.4 is 11.1 Å². The minimum atomic E-state index is 0.246. The summed E-state index contributed by atoms with van der Waals surface area (Å²) in [5, 5.41) is 3.06. The van der Waals surface area contributed by atoms with E-state index in [0.717, 1.165) is 51.7 Å². The van der Waals surface area contributed by atoms with E-state index in [-0.39, 0.29) is 11.8 Å². The maximum absolute atomic E-state index is 12.0. The van der Waals surface area contributed by atoms with Crippen LogP contribution in [-0.4, -0.2) is 31.2 Å². The molecule has 20 heavy (non-hydrogen) atoms. The molecule has 0 aromatic heterocycles. The molecule has 116 valence electrons. The number of carbonyl (C=O) groups excluding carboxylic acids is 1. The molecule has 0 saturated heterocycles. The van der Waals surface area contributed by atoms with Gasteiger partial charge in [0.2, 0.25) is 5.91 Å². The quantitative estimate of drug-likeness (QED) is 0.734. The Morgan fingerprint density at radius 2 is 1.95 bits per heavy atom. The molecule has 2 unspecified atom stereocenters. The topological polar surface area (TPSA) is 64.3 Å². The molecule has 0 bridgehead atoms. The summed E-state index contributed by atoms with van der Waals surface area (Å²) in [4.78, 5) is 12.0. The number of amides is 1. The van der Waals surface area contributed by atoms with Gasteiger partial charge >= 0.3 is 0 Å². The van der Waals surface area contributed by atoms with E-state index >= 15 is 0 Å². The van der Waals surface area contributed by atoms with Gasteiger partial charge in [-0.1, -0.05) is 13.3 Å². The monoisotopic (exact) mass is 282 g/mol. The summed E-state index contributed by atoms with van der Waals surface area (Å²) in [5.41, 5.74) is 5.87. The smallest absolute Gasteiger partial charge is 0.223 e. The molecule has 2 rings (SSSR count). The number of hydrogen-bond donors (Lipinski definition) is 2. The maximum Gasteiger partial charge on any atom is 0.223 e. The molecule has 0 heterocycles. The van der Waals surface area contributed by atoms with E-state index in [4.69, 9.17) is 10.5 Å². The van der Waals surface area contributed by atoms with Gasteiger partial charge in [-0.25, -0.2) is 0 Å². The van der Waals surface area contributed by atoms with Gasteiger partial charge in [-0.3, -0.25) is 4.79 Å². The SMILES string of the molecule is CC1CCCC1C(=O)NCCCOC1CCC(N)CC1. The molecule has 1 amide bonds. The fourth-order valence-electron chi connectivity index (χ4n) is 3.46. The first kappa shape index (κ1) is 15.8. The largest absolute Gasteiger partial charge is 0.378 e. The van der Waals surface area contributed by atoms with Crippen LogP contribution in [0.2, 0.25) is 0 Å². The van der Waals surface area contributed by atoms with Crippen molar-refractivity contribution >= 4 is 5.91 Å². The lowest BCUT2D eigenvalue weighted by Crippen LogP contribution is -2.33. The third kappa shape index (κ3) is 4.74. The molecule has 0 spiro atoms. The number of nitrogens with two attached hydrogens (primary N) is 1. The van der Waals surface area contributed by atoms with E-state index in [1.54, 1.807) is 0 Å². The number of nitrogens with one attached hydrogen (secondary N) is 1. The van der Waals surface area contributed by atoms with Crippen molar-refractivity contribution in [3.63, 3.8) is 0 Å². The molecule has 2 fully saturated rings. The van der Waals surface area contributed by atoms with Crippen molar-refractivity contribution in [1.29, 1.82) is 0 Å². The lowest BCUT2D eigenvalue weighted by Gasteiger charge is -2.26. The minimum Gasteiger partial charge on any atom is -0.378 e. The van der Waals surface area contributed by atoms with Crippen LogP contribution in [0.25, 0.3) is 0 Å². The third-order valence-corrected chi connectivity index (χ3v) is 4.89. The lowest BCUT2D eigenvalue weighted by molar-refractivity contribution is -0.125. The second-order valence-corrected chi connectivity index (χ2v) is 6.57. The second-order valence-electron chi connectivity index (χ2n) is 6.57. The van der Waals surface area contributed by atoms with Gasteiger partial charge in [0.15, 0.2) is 0 Å². The summed E-state index contributed by atoms with van der Waals surface area (Å²) in [7, 11) is 0. The zero-order valence-corrected chi connectivity index (χ0v) is 12.8. The Balaban J connectivity index is 1.50. The predicted molar refractivity (Wildman–Crippen MR) is 80.3 cm³/mol. The lowest BCUT2D eigenvalue weighted by atomic mass is 9.94. The van der Waals surface area contributed by atoms with Gasteiger partial charge in [0.25, 0.3) is 0 Å². The molecule has 2 aliphatic carbocycles. The Kier molecular flexibility index (Phi) is 6.30. The fraction of sp³-hybridized carbons (Fsp3) is 0.938. The first-order valence-electron chi connectivity index (χ1n) is 8.31. The Morgan fingerprint density at radius 1 is 1.20 bits per heavy atom. The molecule has 2 atom stereocenters. The van der Waals surface area contributed by atoms with Crippen LogP contribution in [0.4, 0.5) is 0 Å². The summed E-state index contributed by atoms with van der Waals surface area (Å²) in [6.07, 6.45) is 9.11. The first-order chi connectivity index (χ1) is 9.66. The van der Waals surface area contributed by atoms with Gasteiger partial charge in [-0.15, -0.1) is 0 Å². The minimum absolute atomic E-state index is 0.246. The number of rotatable bonds is 6. The normalized spacial score (nSPS) is 34.1. The predicted octanol–water partition coefficient (Wildman–Crippen LogP) is 2.22. The highest BCUT2D eigenvalue weighted by Crippen LogP contribution is 2.31. The van der Waals surface area contributed by atoms with Crippen LogP contribution in [0.1, 0.15) is 58.3 Å². The van der Waals surface area contributed by atoms with Gasteiger partial charge in [0.05, 0.1) is 6.10 Å². The molecular formula is C16H30N2O2. The Bertz CT molecular complexity index is 301. The van der Waals surface area contributed by atoms with E-state index in [1.807, 2.05) is 0 Å². The van der Waals surface area contributed by atoms with Gasteiger partial charge in [-0.05, 0) is 50.9 Å². The molecule has 2 saturated carbocycles. The summed E-state index contributed by atoms with van der Waals surface area (Å²) in [6, 6.07) is 0.377. The van der Waals surface area contributed by atoms with Crippen molar-refractivity contribution in [3.05, 3.63) is 0 Å². The Hall–Kier alpha value is -0.610. The van der Waals surface area contributed by atoms with Crippen LogP contribution in [0, 0.1) is 11.8 Å². The molecule has 0 aliphatic heterocycles. The number of carbonyl (C=O) groups is 1. The second kappa shape index (κ2) is 7.99. The van der Waals surface area contributed by atoms with Crippen molar-refractivity contribution in [2.75, 3.05) is 13.2 Å². The summed E-state index contributed by atoms with van der Waals surface area (Å²) < 4.78 is 5.85. The van der Waals surface area contributed by atoms with Crippen molar-refractivity contribution in [1.82, 2.24) is 5.32 Å². The zero-order valence-electron chi connectivity index (χ0n) is 12.8. The standard InChI is InChI=1S/C16H30N2O2/c1-12-4-2-5-15(12)16(19)18-10-3-11-20-14-8-6-13(17)7-9-14/h12-15H,2-11,17H2,1H3,(H,18,19). The molecule has 2 aliphatic rings. The van der Waals surface area contributed by atoms with E-state index in [0.29, 0.717) is 18.1 Å². The first-order valence-corrected chi connectivity index (χ1v) is 8.31. The van der Waals surface area contributed by atoms with Crippen molar-refractivity contribution in [2.45, 2.75) is 70.4 Å². The van der Waals surface area contributed by atoms with Crippen molar-refractivity contribution in [2.24, 2.45) is 17.6 Å². The van der Waals surface area contributed by atoms with Gasteiger partial charge in [-0.2, -0.15) is 0 Å². The highest BCUT2D eigenvalue weighted by atomic mass is 16.5.